The minimum Gasteiger partial charge on any atom is -0.481 e. The van der Waals surface area contributed by atoms with Crippen LogP contribution in [0.25, 0.3) is 17.0 Å². The number of benzene rings is 1. The van der Waals surface area contributed by atoms with Gasteiger partial charge in [-0.15, -0.1) is 0 Å². The van der Waals surface area contributed by atoms with E-state index in [1.54, 1.807) is 6.08 Å². The highest BCUT2D eigenvalue weighted by Crippen LogP contribution is 2.41. The Bertz CT molecular complexity index is 1070. The van der Waals surface area contributed by atoms with Crippen LogP contribution in [0.4, 0.5) is 4.79 Å². The van der Waals surface area contributed by atoms with Crippen molar-refractivity contribution in [3.05, 3.63) is 47.7 Å². The molecule has 2 atom stereocenters. The molecular formula is C26H34N2O5. The molecule has 1 fully saturated rings. The molecule has 1 aliphatic rings. The zero-order chi connectivity index (χ0) is 24.4. The number of amides is 1. The Labute approximate surface area is 195 Å². The van der Waals surface area contributed by atoms with Crippen LogP contribution in [-0.4, -0.2) is 40.0 Å². The number of rotatable bonds is 5. The van der Waals surface area contributed by atoms with Crippen LogP contribution in [0.1, 0.15) is 71.7 Å². The van der Waals surface area contributed by atoms with Gasteiger partial charge in [-0.3, -0.25) is 9.78 Å². The Kier molecular flexibility index (Phi) is 6.84. The lowest BCUT2D eigenvalue weighted by Crippen LogP contribution is -2.44. The monoisotopic (exact) mass is 454 g/mol. The molecule has 0 aliphatic carbocycles. The number of carbonyl (C=O) groups is 2. The van der Waals surface area contributed by atoms with Crippen molar-refractivity contribution in [2.45, 2.75) is 71.6 Å². The molecule has 2 aromatic rings. The van der Waals surface area contributed by atoms with Gasteiger partial charge in [-0.25, -0.2) is 4.79 Å². The van der Waals surface area contributed by atoms with E-state index in [4.69, 9.17) is 14.5 Å². The second-order valence-corrected chi connectivity index (χ2v) is 10.4. The normalized spacial score (nSPS) is 21.6. The van der Waals surface area contributed by atoms with Gasteiger partial charge >= 0.3 is 12.1 Å². The van der Waals surface area contributed by atoms with E-state index in [9.17, 15) is 14.7 Å². The molecule has 7 nitrogen and oxygen atoms in total. The van der Waals surface area contributed by atoms with Gasteiger partial charge in [-0.2, -0.15) is 0 Å². The summed E-state index contributed by atoms with van der Waals surface area (Å²) >= 11 is 0. The Morgan fingerprint density at radius 2 is 1.94 bits per heavy atom. The van der Waals surface area contributed by atoms with Crippen LogP contribution in [0, 0.1) is 5.41 Å². The molecular weight excluding hydrogens is 420 g/mol. The van der Waals surface area contributed by atoms with Gasteiger partial charge in [0.25, 0.3) is 0 Å². The first-order valence-corrected chi connectivity index (χ1v) is 11.3. The van der Waals surface area contributed by atoms with Crippen molar-refractivity contribution in [3.63, 3.8) is 0 Å². The van der Waals surface area contributed by atoms with Crippen LogP contribution in [0.3, 0.4) is 0 Å². The molecule has 0 bridgehead atoms. The third-order valence-corrected chi connectivity index (χ3v) is 5.72. The molecule has 178 valence electrons. The molecule has 2 heterocycles. The number of aliphatic carboxylic acids is 1. The summed E-state index contributed by atoms with van der Waals surface area (Å²) in [5.41, 5.74) is 0.321. The zero-order valence-electron chi connectivity index (χ0n) is 20.3. The van der Waals surface area contributed by atoms with Crippen molar-refractivity contribution < 1.29 is 24.2 Å². The highest BCUT2D eigenvalue weighted by molar-refractivity contribution is 5.83. The molecule has 1 aromatic heterocycles. The molecule has 33 heavy (non-hydrogen) atoms. The standard InChI is InChI=1S/C26H34N2O5/c1-17(27-23(31)33-24(2,3)4)20-10-9-19-8-7-18(15-21(19)28-20)11-12-26(22(29)30)13-14-32-25(5,6)16-26/h7-12,15,17H,13-14,16H2,1-6H3,(H,27,31)(H,29,30)/b12-11+/t17-,26?/m1/s1. The number of fused-ring (bicyclic) bond motifs is 1. The highest BCUT2D eigenvalue weighted by atomic mass is 16.6. The van der Waals surface area contributed by atoms with Gasteiger partial charge in [0.05, 0.1) is 28.3 Å². The number of aromatic nitrogens is 1. The summed E-state index contributed by atoms with van der Waals surface area (Å²) in [6, 6.07) is 9.34. The smallest absolute Gasteiger partial charge is 0.408 e. The Balaban J connectivity index is 1.83. The number of nitrogens with one attached hydrogen (secondary N) is 1. The lowest BCUT2D eigenvalue weighted by molar-refractivity contribution is -0.160. The summed E-state index contributed by atoms with van der Waals surface area (Å²) in [7, 11) is 0. The summed E-state index contributed by atoms with van der Waals surface area (Å²) in [6.07, 6.45) is 4.00. The molecule has 2 N–H and O–H groups in total. The van der Waals surface area contributed by atoms with E-state index in [2.05, 4.69) is 5.32 Å². The van der Waals surface area contributed by atoms with Crippen LogP contribution in [0.15, 0.2) is 36.4 Å². The largest absolute Gasteiger partial charge is 0.481 e. The lowest BCUT2D eigenvalue weighted by Gasteiger charge is -2.40. The predicted molar refractivity (Wildman–Crippen MR) is 128 cm³/mol. The van der Waals surface area contributed by atoms with Crippen LogP contribution in [0.5, 0.6) is 0 Å². The van der Waals surface area contributed by atoms with Crippen molar-refractivity contribution in [2.24, 2.45) is 5.41 Å². The van der Waals surface area contributed by atoms with Crippen LogP contribution in [0.2, 0.25) is 0 Å². The fourth-order valence-corrected chi connectivity index (χ4v) is 4.11. The number of nitrogens with zero attached hydrogens (tertiary/aromatic N) is 1. The molecule has 0 spiro atoms. The number of pyridine rings is 1. The summed E-state index contributed by atoms with van der Waals surface area (Å²) in [5, 5.41) is 13.7. The van der Waals surface area contributed by atoms with Gasteiger partial charge in [0, 0.05) is 12.0 Å². The number of hydrogen-bond donors (Lipinski definition) is 2. The maximum Gasteiger partial charge on any atom is 0.408 e. The first kappa shape index (κ1) is 24.7. The molecule has 1 saturated heterocycles. The molecule has 1 aromatic carbocycles. The Morgan fingerprint density at radius 3 is 2.58 bits per heavy atom. The van der Waals surface area contributed by atoms with E-state index in [0.717, 1.165) is 16.5 Å². The van der Waals surface area contributed by atoms with Gasteiger partial charge in [0.2, 0.25) is 0 Å². The highest BCUT2D eigenvalue weighted by Gasteiger charge is 2.44. The van der Waals surface area contributed by atoms with E-state index in [0.29, 0.717) is 25.1 Å². The number of carboxylic acid groups (broad SMARTS) is 1. The second-order valence-electron chi connectivity index (χ2n) is 10.4. The SMILES string of the molecule is C[C@@H](NC(=O)OC(C)(C)C)c1ccc2ccc(/C=C/C3(C(=O)O)CCOC(C)(C)C3)cc2n1. The van der Waals surface area contributed by atoms with E-state index in [1.165, 1.54) is 0 Å². The quantitative estimate of drug-likeness (QED) is 0.620. The topological polar surface area (TPSA) is 97.8 Å². The van der Waals surface area contributed by atoms with Crippen LogP contribution >= 0.6 is 0 Å². The zero-order valence-corrected chi connectivity index (χ0v) is 20.3. The predicted octanol–water partition coefficient (Wildman–Crippen LogP) is 5.49. The summed E-state index contributed by atoms with van der Waals surface area (Å²) in [4.78, 5) is 28.9. The molecule has 1 aliphatic heterocycles. The summed E-state index contributed by atoms with van der Waals surface area (Å²) < 4.78 is 11.0. The molecule has 7 heteroatoms. The van der Waals surface area contributed by atoms with E-state index >= 15 is 0 Å². The summed E-state index contributed by atoms with van der Waals surface area (Å²) in [5.74, 6) is -0.835. The van der Waals surface area contributed by atoms with Gasteiger partial charge in [0.1, 0.15) is 5.60 Å². The fourth-order valence-electron chi connectivity index (χ4n) is 4.11. The maximum atomic E-state index is 12.1. The van der Waals surface area contributed by atoms with E-state index < -0.39 is 28.7 Å². The maximum absolute atomic E-state index is 12.1. The number of alkyl carbamates (subject to hydrolysis) is 1. The lowest BCUT2D eigenvalue weighted by atomic mass is 9.73. The summed E-state index contributed by atoms with van der Waals surface area (Å²) in [6.45, 7) is 11.6. The van der Waals surface area contributed by atoms with Crippen molar-refractivity contribution >= 4 is 29.0 Å². The number of ether oxygens (including phenoxy) is 2. The van der Waals surface area contributed by atoms with E-state index in [1.807, 2.05) is 78.0 Å². The minimum atomic E-state index is -0.960. The fraction of sp³-hybridized carbons (Fsp3) is 0.500. The Morgan fingerprint density at radius 1 is 1.24 bits per heavy atom. The third-order valence-electron chi connectivity index (χ3n) is 5.72. The first-order valence-electron chi connectivity index (χ1n) is 11.3. The van der Waals surface area contributed by atoms with Gasteiger partial charge in [-0.05, 0) is 72.1 Å². The van der Waals surface area contributed by atoms with Gasteiger partial charge < -0.3 is 19.9 Å². The average molecular weight is 455 g/mol. The molecule has 1 amide bonds. The van der Waals surface area contributed by atoms with Gasteiger partial charge in [-0.1, -0.05) is 30.4 Å². The van der Waals surface area contributed by atoms with Crippen molar-refractivity contribution in [3.8, 4) is 0 Å². The van der Waals surface area contributed by atoms with Crippen LogP contribution in [-0.2, 0) is 14.3 Å². The second kappa shape index (κ2) is 9.14. The molecule has 0 radical (unpaired) electrons. The van der Waals surface area contributed by atoms with Crippen molar-refractivity contribution in [2.75, 3.05) is 6.61 Å². The minimum absolute atomic E-state index is 0.330. The van der Waals surface area contributed by atoms with Crippen LogP contribution < -0.4 is 5.32 Å². The van der Waals surface area contributed by atoms with Crippen molar-refractivity contribution in [1.82, 2.24) is 10.3 Å². The molecule has 0 saturated carbocycles. The molecule has 1 unspecified atom stereocenters. The van der Waals surface area contributed by atoms with Crippen molar-refractivity contribution in [1.29, 1.82) is 0 Å². The van der Waals surface area contributed by atoms with Gasteiger partial charge in [0.15, 0.2) is 0 Å². The molecule has 3 rings (SSSR count). The number of hydrogen-bond acceptors (Lipinski definition) is 5. The average Bonchev–Trinajstić information content (AvgIpc) is 2.69. The Hall–Kier alpha value is -2.93. The van der Waals surface area contributed by atoms with E-state index in [-0.39, 0.29) is 6.04 Å². The third kappa shape index (κ3) is 6.32. The number of carboxylic acids is 1. The number of carbonyl (C=O) groups excluding carboxylic acids is 1. The first-order chi connectivity index (χ1) is 15.3.